The van der Waals surface area contributed by atoms with Gasteiger partial charge in [-0.15, -0.1) is 0 Å². The van der Waals surface area contributed by atoms with Crippen LogP contribution in [0, 0.1) is 13.8 Å². The highest BCUT2D eigenvalue weighted by molar-refractivity contribution is 5.93. The van der Waals surface area contributed by atoms with Crippen molar-refractivity contribution < 1.29 is 12.4 Å². The predicted octanol–water partition coefficient (Wildman–Crippen LogP) is -2.47. The van der Waals surface area contributed by atoms with E-state index >= 15 is 0 Å². The van der Waals surface area contributed by atoms with Gasteiger partial charge in [0.25, 0.3) is 0 Å². The Kier molecular flexibility index (Phi) is 5.32. The van der Waals surface area contributed by atoms with E-state index in [0.717, 1.165) is 11.3 Å². The summed E-state index contributed by atoms with van der Waals surface area (Å²) in [5.41, 5.74) is 18.8. The number of aryl methyl sites for hydroxylation is 2. The first-order valence-electron chi connectivity index (χ1n) is 4.50. The third-order valence-electron chi connectivity index (χ3n) is 1.83. The van der Waals surface area contributed by atoms with E-state index in [2.05, 4.69) is 9.98 Å². The van der Waals surface area contributed by atoms with Gasteiger partial charge in [-0.2, -0.15) is 4.99 Å². The van der Waals surface area contributed by atoms with E-state index in [0.29, 0.717) is 0 Å². The monoisotopic (exact) mass is 240 g/mol. The summed E-state index contributed by atoms with van der Waals surface area (Å²) in [6, 6.07) is 5.84. The van der Waals surface area contributed by atoms with Gasteiger partial charge in [-0.1, -0.05) is 17.7 Å². The minimum absolute atomic E-state index is 0. The Labute approximate surface area is 101 Å². The smallest absolute Gasteiger partial charge is 0.223 e. The quantitative estimate of drug-likeness (QED) is 0.374. The molecule has 88 valence electrons. The molecule has 0 bridgehead atoms. The Hall–Kier alpha value is -1.75. The molecule has 16 heavy (non-hydrogen) atoms. The van der Waals surface area contributed by atoms with Crippen molar-refractivity contribution in [1.29, 1.82) is 0 Å². The molecule has 6 N–H and O–H groups in total. The molecule has 0 spiro atoms. The molecule has 0 fully saturated rings. The van der Waals surface area contributed by atoms with Crippen molar-refractivity contribution in [2.75, 3.05) is 0 Å². The highest BCUT2D eigenvalue weighted by Gasteiger charge is 1.97. The van der Waals surface area contributed by atoms with Crippen LogP contribution in [0.1, 0.15) is 11.1 Å². The van der Waals surface area contributed by atoms with Gasteiger partial charge in [0.1, 0.15) is 0 Å². The summed E-state index contributed by atoms with van der Waals surface area (Å²) < 4.78 is 0. The standard InChI is InChI=1S/C10H15N5.ClH/c1-6-3-4-8(7(2)5-6)14-10(13)15-9(11)12;/h3-5H,1-2H3,(H6,11,12,13,14,15);1H/p-1. The fourth-order valence-electron chi connectivity index (χ4n) is 1.21. The van der Waals surface area contributed by atoms with Crippen molar-refractivity contribution in [1.82, 2.24) is 0 Å². The van der Waals surface area contributed by atoms with Crippen molar-refractivity contribution in [3.05, 3.63) is 29.3 Å². The zero-order chi connectivity index (χ0) is 11.4. The van der Waals surface area contributed by atoms with Gasteiger partial charge in [-0.3, -0.25) is 0 Å². The van der Waals surface area contributed by atoms with Crippen LogP contribution in [0.5, 0.6) is 0 Å². The number of aliphatic imine (C=N–C) groups is 2. The lowest BCUT2D eigenvalue weighted by molar-refractivity contribution is -0.00000382. The summed E-state index contributed by atoms with van der Waals surface area (Å²) in [4.78, 5) is 7.72. The number of benzene rings is 1. The van der Waals surface area contributed by atoms with Crippen LogP contribution in [0.3, 0.4) is 0 Å². The van der Waals surface area contributed by atoms with Crippen LogP contribution in [-0.4, -0.2) is 11.9 Å². The lowest BCUT2D eigenvalue weighted by atomic mass is 10.1. The molecule has 0 aliphatic heterocycles. The first-order valence-corrected chi connectivity index (χ1v) is 4.50. The fraction of sp³-hybridized carbons (Fsp3) is 0.200. The summed E-state index contributed by atoms with van der Waals surface area (Å²) in [5, 5.41) is 0. The number of guanidine groups is 2. The third kappa shape index (κ3) is 4.18. The second kappa shape index (κ2) is 5.97. The molecule has 1 rings (SSSR count). The van der Waals surface area contributed by atoms with Gasteiger partial charge in [-0.25, -0.2) is 4.99 Å². The molecule has 0 radical (unpaired) electrons. The molecule has 0 atom stereocenters. The molecule has 0 amide bonds. The van der Waals surface area contributed by atoms with Crippen LogP contribution < -0.4 is 29.6 Å². The normalized spacial score (nSPS) is 10.5. The molecule has 6 heteroatoms. The summed E-state index contributed by atoms with van der Waals surface area (Å²) in [7, 11) is 0. The van der Waals surface area contributed by atoms with E-state index in [4.69, 9.17) is 17.2 Å². The van der Waals surface area contributed by atoms with Crippen LogP contribution in [-0.2, 0) is 0 Å². The lowest BCUT2D eigenvalue weighted by Crippen LogP contribution is -3.00. The number of rotatable bonds is 1. The first kappa shape index (κ1) is 14.2. The molecule has 0 unspecified atom stereocenters. The number of halogens is 1. The number of nitrogens with two attached hydrogens (primary N) is 3. The lowest BCUT2D eigenvalue weighted by Gasteiger charge is -2.01. The second-order valence-electron chi connectivity index (χ2n) is 3.30. The van der Waals surface area contributed by atoms with Crippen molar-refractivity contribution in [2.24, 2.45) is 27.2 Å². The van der Waals surface area contributed by atoms with E-state index in [1.165, 1.54) is 5.56 Å². The predicted molar refractivity (Wildman–Crippen MR) is 63.0 cm³/mol. The largest absolute Gasteiger partial charge is 1.00 e. The highest BCUT2D eigenvalue weighted by Crippen LogP contribution is 2.19. The Morgan fingerprint density at radius 3 is 2.25 bits per heavy atom. The first-order chi connectivity index (χ1) is 6.99. The molecule has 0 aliphatic carbocycles. The second-order valence-corrected chi connectivity index (χ2v) is 3.30. The minimum Gasteiger partial charge on any atom is -1.00 e. The Morgan fingerprint density at radius 2 is 1.75 bits per heavy atom. The summed E-state index contributed by atoms with van der Waals surface area (Å²) in [5.74, 6) is -0.0389. The van der Waals surface area contributed by atoms with Gasteiger partial charge in [0.05, 0.1) is 5.69 Å². The Morgan fingerprint density at radius 1 is 1.12 bits per heavy atom. The van der Waals surface area contributed by atoms with E-state index in [9.17, 15) is 0 Å². The van der Waals surface area contributed by atoms with Crippen molar-refractivity contribution in [3.8, 4) is 0 Å². The fourth-order valence-corrected chi connectivity index (χ4v) is 1.21. The van der Waals surface area contributed by atoms with Crippen LogP contribution in [0.4, 0.5) is 5.69 Å². The minimum atomic E-state index is -0.0963. The average Bonchev–Trinajstić information content (AvgIpc) is 2.08. The third-order valence-corrected chi connectivity index (χ3v) is 1.83. The van der Waals surface area contributed by atoms with E-state index < -0.39 is 0 Å². The molecule has 0 aliphatic rings. The van der Waals surface area contributed by atoms with Gasteiger partial charge in [0.2, 0.25) is 5.96 Å². The van der Waals surface area contributed by atoms with Gasteiger partial charge >= 0.3 is 0 Å². The SMILES string of the molecule is Cc1ccc(N=C(N)N=C(N)N)c(C)c1.[Cl-]. The molecule has 0 aromatic heterocycles. The highest BCUT2D eigenvalue weighted by atomic mass is 35.5. The van der Waals surface area contributed by atoms with Gasteiger partial charge in [-0.05, 0) is 25.5 Å². The molecule has 0 saturated heterocycles. The summed E-state index contributed by atoms with van der Waals surface area (Å²) >= 11 is 0. The zero-order valence-electron chi connectivity index (χ0n) is 9.24. The molecule has 1 aromatic rings. The van der Waals surface area contributed by atoms with Gasteiger partial charge < -0.3 is 29.6 Å². The van der Waals surface area contributed by atoms with E-state index in [1.54, 1.807) is 0 Å². The van der Waals surface area contributed by atoms with Crippen LogP contribution >= 0.6 is 0 Å². The van der Waals surface area contributed by atoms with Gasteiger partial charge in [0.15, 0.2) is 5.96 Å². The molecule has 1 aromatic carbocycles. The molecule has 0 heterocycles. The summed E-state index contributed by atoms with van der Waals surface area (Å²) in [6.07, 6.45) is 0. The van der Waals surface area contributed by atoms with E-state index in [1.807, 2.05) is 32.0 Å². The van der Waals surface area contributed by atoms with Crippen LogP contribution in [0.15, 0.2) is 28.2 Å². The van der Waals surface area contributed by atoms with Crippen molar-refractivity contribution in [3.63, 3.8) is 0 Å². The molecular formula is C10H15ClN5-. The Bertz CT molecular complexity index is 421. The molecular weight excluding hydrogens is 226 g/mol. The molecule has 0 saturated carbocycles. The maximum atomic E-state index is 5.52. The van der Waals surface area contributed by atoms with Crippen molar-refractivity contribution >= 4 is 17.6 Å². The topological polar surface area (TPSA) is 103 Å². The molecule has 5 nitrogen and oxygen atoms in total. The van der Waals surface area contributed by atoms with Crippen LogP contribution in [0.2, 0.25) is 0 Å². The van der Waals surface area contributed by atoms with Crippen molar-refractivity contribution in [2.45, 2.75) is 13.8 Å². The Balaban J connectivity index is 0.00000225. The average molecular weight is 241 g/mol. The summed E-state index contributed by atoms with van der Waals surface area (Å²) in [6.45, 7) is 3.97. The zero-order valence-corrected chi connectivity index (χ0v) is 9.99. The number of hydrogen-bond donors (Lipinski definition) is 3. The number of nitrogens with zero attached hydrogens (tertiary/aromatic N) is 2. The van der Waals surface area contributed by atoms with E-state index in [-0.39, 0.29) is 24.3 Å². The number of hydrogen-bond acceptors (Lipinski definition) is 1. The maximum absolute atomic E-state index is 5.52. The maximum Gasteiger partial charge on any atom is 0.223 e. The van der Waals surface area contributed by atoms with Crippen LogP contribution in [0.25, 0.3) is 0 Å². The van der Waals surface area contributed by atoms with Gasteiger partial charge in [0, 0.05) is 0 Å².